The third-order valence-corrected chi connectivity index (χ3v) is 5.11. The molecule has 1 aliphatic heterocycles. The lowest BCUT2D eigenvalue weighted by Gasteiger charge is -2.23. The Bertz CT molecular complexity index is 782. The van der Waals surface area contributed by atoms with Crippen LogP contribution in [0.25, 0.3) is 0 Å². The minimum Gasteiger partial charge on any atom is -0.325 e. The molecular weight excluding hydrogens is 355 g/mol. The van der Waals surface area contributed by atoms with Crippen LogP contribution < -0.4 is 10.6 Å². The number of para-hydroxylation sites is 1. The van der Waals surface area contributed by atoms with Crippen LogP contribution >= 0.6 is 35.0 Å². The minimum absolute atomic E-state index is 0.0593. The Kier molecular flexibility index (Phi) is 4.80. The number of carbonyl (C=O) groups is 2. The molecule has 0 aromatic heterocycles. The van der Waals surface area contributed by atoms with Crippen LogP contribution in [0, 0.1) is 0 Å². The number of fused-ring (bicyclic) bond motifs is 1. The van der Waals surface area contributed by atoms with Gasteiger partial charge >= 0.3 is 0 Å². The van der Waals surface area contributed by atoms with Gasteiger partial charge in [-0.15, -0.1) is 11.8 Å². The van der Waals surface area contributed by atoms with Crippen molar-refractivity contribution >= 4 is 58.2 Å². The molecule has 1 heterocycles. The van der Waals surface area contributed by atoms with E-state index >= 15 is 0 Å². The highest BCUT2D eigenvalue weighted by Crippen LogP contribution is 2.36. The zero-order chi connectivity index (χ0) is 16.4. The molecule has 3 rings (SSSR count). The van der Waals surface area contributed by atoms with E-state index < -0.39 is 5.25 Å². The van der Waals surface area contributed by atoms with Gasteiger partial charge in [-0.05, 0) is 30.3 Å². The lowest BCUT2D eigenvalue weighted by atomic mass is 10.2. The molecule has 0 spiro atoms. The topological polar surface area (TPSA) is 58.2 Å². The zero-order valence-corrected chi connectivity index (χ0v) is 14.1. The van der Waals surface area contributed by atoms with Crippen LogP contribution in [0.15, 0.2) is 47.4 Å². The fourth-order valence-electron chi connectivity index (χ4n) is 2.19. The molecule has 1 aliphatic rings. The van der Waals surface area contributed by atoms with Crippen molar-refractivity contribution in [2.24, 2.45) is 0 Å². The number of hydrogen-bond acceptors (Lipinski definition) is 3. The molecule has 0 aliphatic carbocycles. The summed E-state index contributed by atoms with van der Waals surface area (Å²) in [6.07, 6.45) is 0.0593. The second-order valence-corrected chi connectivity index (χ2v) is 7.06. The molecule has 0 fully saturated rings. The Balaban J connectivity index is 1.67. The van der Waals surface area contributed by atoms with Gasteiger partial charge in [0.05, 0.1) is 21.6 Å². The van der Waals surface area contributed by atoms with Gasteiger partial charge in [0, 0.05) is 16.3 Å². The Morgan fingerprint density at radius 2 is 2.00 bits per heavy atom. The molecule has 2 aromatic rings. The Morgan fingerprint density at radius 3 is 2.78 bits per heavy atom. The molecule has 1 atom stereocenters. The highest BCUT2D eigenvalue weighted by molar-refractivity contribution is 8.01. The van der Waals surface area contributed by atoms with Crippen molar-refractivity contribution in [3.8, 4) is 0 Å². The summed E-state index contributed by atoms with van der Waals surface area (Å²) in [5, 5.41) is 5.90. The van der Waals surface area contributed by atoms with E-state index in [-0.39, 0.29) is 18.2 Å². The maximum Gasteiger partial charge on any atom is 0.238 e. The molecule has 0 saturated heterocycles. The van der Waals surface area contributed by atoms with Crippen molar-refractivity contribution in [1.82, 2.24) is 0 Å². The SMILES string of the molecule is O=C(CC1Sc2ccccc2NC1=O)Nc1ccc(Cl)cc1Cl. The second kappa shape index (κ2) is 6.83. The first kappa shape index (κ1) is 16.2. The highest BCUT2D eigenvalue weighted by atomic mass is 35.5. The van der Waals surface area contributed by atoms with Crippen LogP contribution in [0.1, 0.15) is 6.42 Å². The van der Waals surface area contributed by atoms with E-state index in [1.54, 1.807) is 18.2 Å². The third-order valence-electron chi connectivity index (χ3n) is 3.28. The van der Waals surface area contributed by atoms with E-state index in [1.807, 2.05) is 24.3 Å². The first-order valence-corrected chi connectivity index (χ1v) is 8.48. The number of rotatable bonds is 3. The van der Waals surface area contributed by atoms with Gasteiger partial charge in [-0.1, -0.05) is 35.3 Å². The summed E-state index contributed by atoms with van der Waals surface area (Å²) < 4.78 is 0. The summed E-state index contributed by atoms with van der Waals surface area (Å²) in [6, 6.07) is 12.3. The van der Waals surface area contributed by atoms with Crippen LogP contribution in [-0.4, -0.2) is 17.1 Å². The average molecular weight is 367 g/mol. The second-order valence-electron chi connectivity index (χ2n) is 4.97. The third kappa shape index (κ3) is 3.80. The molecular formula is C16H12Cl2N2O2S. The summed E-state index contributed by atoms with van der Waals surface area (Å²) in [4.78, 5) is 25.2. The molecule has 2 aromatic carbocycles. The van der Waals surface area contributed by atoms with Crippen molar-refractivity contribution in [3.05, 3.63) is 52.5 Å². The maximum absolute atomic E-state index is 12.2. The molecule has 2 amide bonds. The van der Waals surface area contributed by atoms with E-state index in [0.29, 0.717) is 15.7 Å². The van der Waals surface area contributed by atoms with Gasteiger partial charge in [0.1, 0.15) is 0 Å². The number of anilines is 2. The van der Waals surface area contributed by atoms with Crippen molar-refractivity contribution in [3.63, 3.8) is 0 Å². The molecule has 0 bridgehead atoms. The van der Waals surface area contributed by atoms with Gasteiger partial charge in [0.2, 0.25) is 11.8 Å². The maximum atomic E-state index is 12.2. The monoisotopic (exact) mass is 366 g/mol. The lowest BCUT2D eigenvalue weighted by Crippen LogP contribution is -2.32. The van der Waals surface area contributed by atoms with Crippen LogP contribution in [0.2, 0.25) is 10.0 Å². The van der Waals surface area contributed by atoms with Gasteiger partial charge < -0.3 is 10.6 Å². The van der Waals surface area contributed by atoms with Crippen molar-refractivity contribution in [2.75, 3.05) is 10.6 Å². The minimum atomic E-state index is -0.476. The largest absolute Gasteiger partial charge is 0.325 e. The normalized spacial score (nSPS) is 16.4. The molecule has 7 heteroatoms. The summed E-state index contributed by atoms with van der Waals surface area (Å²) in [5.41, 5.74) is 1.25. The fraction of sp³-hybridized carbons (Fsp3) is 0.125. The van der Waals surface area contributed by atoms with Crippen molar-refractivity contribution in [2.45, 2.75) is 16.6 Å². The van der Waals surface area contributed by atoms with Crippen LogP contribution in [0.4, 0.5) is 11.4 Å². The van der Waals surface area contributed by atoms with Gasteiger partial charge in [-0.3, -0.25) is 9.59 Å². The van der Waals surface area contributed by atoms with Crippen LogP contribution in [0.3, 0.4) is 0 Å². The molecule has 1 unspecified atom stereocenters. The van der Waals surface area contributed by atoms with Gasteiger partial charge in [0.25, 0.3) is 0 Å². The summed E-state index contributed by atoms with van der Waals surface area (Å²) in [6.45, 7) is 0. The van der Waals surface area contributed by atoms with E-state index in [1.165, 1.54) is 11.8 Å². The van der Waals surface area contributed by atoms with E-state index in [9.17, 15) is 9.59 Å². The van der Waals surface area contributed by atoms with Gasteiger partial charge in [-0.2, -0.15) is 0 Å². The number of amides is 2. The summed E-state index contributed by atoms with van der Waals surface area (Å²) in [5.74, 6) is -0.452. The zero-order valence-electron chi connectivity index (χ0n) is 11.8. The summed E-state index contributed by atoms with van der Waals surface area (Å²) >= 11 is 13.2. The fourth-order valence-corrected chi connectivity index (χ4v) is 3.75. The number of nitrogens with one attached hydrogen (secondary N) is 2. The first-order valence-electron chi connectivity index (χ1n) is 6.84. The average Bonchev–Trinajstić information content (AvgIpc) is 2.51. The Labute approximate surface area is 147 Å². The highest BCUT2D eigenvalue weighted by Gasteiger charge is 2.28. The van der Waals surface area contributed by atoms with Crippen molar-refractivity contribution in [1.29, 1.82) is 0 Å². The van der Waals surface area contributed by atoms with E-state index in [4.69, 9.17) is 23.2 Å². The predicted octanol–water partition coefficient (Wildman–Crippen LogP) is 4.44. The number of thioether (sulfide) groups is 1. The molecule has 23 heavy (non-hydrogen) atoms. The Morgan fingerprint density at radius 1 is 1.22 bits per heavy atom. The molecule has 4 nitrogen and oxygen atoms in total. The smallest absolute Gasteiger partial charge is 0.238 e. The molecule has 118 valence electrons. The Hall–Kier alpha value is -1.69. The lowest BCUT2D eigenvalue weighted by molar-refractivity contribution is -0.120. The number of benzene rings is 2. The quantitative estimate of drug-likeness (QED) is 0.844. The van der Waals surface area contributed by atoms with Crippen molar-refractivity contribution < 1.29 is 9.59 Å². The standard InChI is InChI=1S/C16H12Cl2N2O2S/c17-9-5-6-11(10(18)7-9)19-15(21)8-14-16(22)20-12-3-1-2-4-13(12)23-14/h1-7,14H,8H2,(H,19,21)(H,20,22). The molecule has 2 N–H and O–H groups in total. The van der Waals surface area contributed by atoms with Gasteiger partial charge in [0.15, 0.2) is 0 Å². The number of halogens is 2. The molecule has 0 saturated carbocycles. The first-order chi connectivity index (χ1) is 11.0. The summed E-state index contributed by atoms with van der Waals surface area (Å²) in [7, 11) is 0. The number of carbonyl (C=O) groups excluding carboxylic acids is 2. The van der Waals surface area contributed by atoms with Crippen LogP contribution in [-0.2, 0) is 9.59 Å². The predicted molar refractivity (Wildman–Crippen MR) is 94.4 cm³/mol. The number of hydrogen-bond donors (Lipinski definition) is 2. The van der Waals surface area contributed by atoms with E-state index in [2.05, 4.69) is 10.6 Å². The van der Waals surface area contributed by atoms with Crippen LogP contribution in [0.5, 0.6) is 0 Å². The van der Waals surface area contributed by atoms with Gasteiger partial charge in [-0.25, -0.2) is 0 Å². The van der Waals surface area contributed by atoms with E-state index in [0.717, 1.165) is 10.6 Å². The molecule has 0 radical (unpaired) electrons.